The summed E-state index contributed by atoms with van der Waals surface area (Å²) in [6.07, 6.45) is 1.24. The largest absolute Gasteiger partial charge is 0.488 e. The van der Waals surface area contributed by atoms with Crippen LogP contribution in [-0.2, 0) is 4.74 Å². The van der Waals surface area contributed by atoms with E-state index in [-0.39, 0.29) is 12.1 Å². The Kier molecular flexibility index (Phi) is 5.45. The lowest BCUT2D eigenvalue weighted by Gasteiger charge is -2.39. The van der Waals surface area contributed by atoms with E-state index >= 15 is 0 Å². The fourth-order valence-electron chi connectivity index (χ4n) is 2.13. The highest BCUT2D eigenvalue weighted by Gasteiger charge is 2.28. The summed E-state index contributed by atoms with van der Waals surface area (Å²) in [5.41, 5.74) is 5.89. The van der Waals surface area contributed by atoms with E-state index in [1.165, 1.54) is 0 Å². The van der Waals surface area contributed by atoms with Gasteiger partial charge in [-0.2, -0.15) is 0 Å². The molecule has 2 N–H and O–H groups in total. The van der Waals surface area contributed by atoms with Gasteiger partial charge < -0.3 is 15.2 Å². The van der Waals surface area contributed by atoms with Crippen molar-refractivity contribution in [2.24, 2.45) is 5.73 Å². The van der Waals surface area contributed by atoms with E-state index in [2.05, 4.69) is 4.90 Å². The topological polar surface area (TPSA) is 47.7 Å². The summed E-state index contributed by atoms with van der Waals surface area (Å²) in [6, 6.07) is 7.62. The predicted molar refractivity (Wildman–Crippen MR) is 76.8 cm³/mol. The van der Waals surface area contributed by atoms with E-state index in [1.807, 2.05) is 24.3 Å². The molecule has 5 heteroatoms. The minimum atomic E-state index is 0.126. The molecule has 1 fully saturated rings. The molecule has 106 valence electrons. The van der Waals surface area contributed by atoms with Crippen molar-refractivity contribution in [3.63, 3.8) is 0 Å². The van der Waals surface area contributed by atoms with Crippen LogP contribution in [0.4, 0.5) is 0 Å². The Morgan fingerprint density at radius 3 is 2.68 bits per heavy atom. The van der Waals surface area contributed by atoms with Crippen molar-refractivity contribution in [2.45, 2.75) is 18.6 Å². The van der Waals surface area contributed by atoms with Gasteiger partial charge in [0.05, 0.1) is 6.61 Å². The van der Waals surface area contributed by atoms with Gasteiger partial charge in [-0.3, -0.25) is 4.90 Å². The molecule has 1 unspecified atom stereocenters. The van der Waals surface area contributed by atoms with Crippen LogP contribution in [0.2, 0.25) is 5.02 Å². The van der Waals surface area contributed by atoms with Gasteiger partial charge in [0.25, 0.3) is 0 Å². The number of nitrogens with two attached hydrogens (primary N) is 1. The summed E-state index contributed by atoms with van der Waals surface area (Å²) in [5, 5.41) is 0.731. The number of halogens is 1. The van der Waals surface area contributed by atoms with Crippen LogP contribution in [0.5, 0.6) is 5.75 Å². The number of methoxy groups -OCH3 is 1. The van der Waals surface area contributed by atoms with Crippen molar-refractivity contribution in [2.75, 3.05) is 33.4 Å². The van der Waals surface area contributed by atoms with E-state index in [0.717, 1.165) is 36.8 Å². The Bertz CT molecular complexity index is 380. The van der Waals surface area contributed by atoms with Gasteiger partial charge in [0, 0.05) is 37.8 Å². The molecular weight excluding hydrogens is 264 g/mol. The third kappa shape index (κ3) is 4.66. The summed E-state index contributed by atoms with van der Waals surface area (Å²) < 4.78 is 10.9. The highest BCUT2D eigenvalue weighted by atomic mass is 35.5. The molecule has 1 saturated heterocycles. The Hall–Kier alpha value is -0.810. The van der Waals surface area contributed by atoms with Crippen LogP contribution in [0, 0.1) is 0 Å². The summed E-state index contributed by atoms with van der Waals surface area (Å²) in [7, 11) is 1.68. The van der Waals surface area contributed by atoms with Crippen LogP contribution >= 0.6 is 11.6 Å². The molecule has 0 aromatic heterocycles. The number of rotatable bonds is 7. The van der Waals surface area contributed by atoms with E-state index in [0.29, 0.717) is 6.61 Å². The highest BCUT2D eigenvalue weighted by Crippen LogP contribution is 2.20. The molecule has 0 saturated carbocycles. The second-order valence-corrected chi connectivity index (χ2v) is 5.39. The van der Waals surface area contributed by atoms with Gasteiger partial charge in [-0.1, -0.05) is 11.6 Å². The number of likely N-dealkylation sites (tertiary alicyclic amines) is 1. The average Bonchev–Trinajstić information content (AvgIpc) is 2.34. The minimum Gasteiger partial charge on any atom is -0.488 e. The number of benzene rings is 1. The maximum atomic E-state index is 5.89. The zero-order valence-electron chi connectivity index (χ0n) is 11.2. The predicted octanol–water partition coefficient (Wildman–Crippen LogP) is 1.77. The molecule has 1 aliphatic heterocycles. The lowest BCUT2D eigenvalue weighted by atomic mass is 10.1. The quantitative estimate of drug-likeness (QED) is 0.829. The van der Waals surface area contributed by atoms with Crippen molar-refractivity contribution >= 4 is 11.6 Å². The van der Waals surface area contributed by atoms with Gasteiger partial charge in [-0.15, -0.1) is 0 Å². The molecular formula is C14H21ClN2O2. The standard InChI is InChI=1S/C14H21ClN2O2/c1-18-10-12(16)6-7-17-8-14(9-17)19-13-4-2-11(15)3-5-13/h2-5,12,14H,6-10,16H2,1H3. The summed E-state index contributed by atoms with van der Waals surface area (Å²) in [6.45, 7) is 3.55. The maximum Gasteiger partial charge on any atom is 0.124 e. The SMILES string of the molecule is COCC(N)CCN1CC(Oc2ccc(Cl)cc2)C1. The summed E-state index contributed by atoms with van der Waals surface area (Å²) in [5.74, 6) is 0.880. The third-order valence-electron chi connectivity index (χ3n) is 3.24. The molecule has 0 amide bonds. The first-order valence-electron chi connectivity index (χ1n) is 6.56. The third-order valence-corrected chi connectivity index (χ3v) is 3.49. The molecule has 0 spiro atoms. The van der Waals surface area contributed by atoms with Crippen LogP contribution in [0.25, 0.3) is 0 Å². The van der Waals surface area contributed by atoms with Crippen molar-refractivity contribution in [3.05, 3.63) is 29.3 Å². The number of hydrogen-bond acceptors (Lipinski definition) is 4. The van der Waals surface area contributed by atoms with Gasteiger partial charge in [-0.05, 0) is 30.7 Å². The zero-order valence-corrected chi connectivity index (χ0v) is 12.0. The van der Waals surface area contributed by atoms with Crippen LogP contribution in [0.15, 0.2) is 24.3 Å². The molecule has 0 bridgehead atoms. The first-order chi connectivity index (χ1) is 9.17. The Labute approximate surface area is 119 Å². The molecule has 1 aliphatic rings. The molecule has 1 aromatic carbocycles. The van der Waals surface area contributed by atoms with Gasteiger partial charge in [0.1, 0.15) is 11.9 Å². The van der Waals surface area contributed by atoms with E-state index in [4.69, 9.17) is 26.8 Å². The van der Waals surface area contributed by atoms with Gasteiger partial charge in [0.15, 0.2) is 0 Å². The number of ether oxygens (including phenoxy) is 2. The fourth-order valence-corrected chi connectivity index (χ4v) is 2.26. The van der Waals surface area contributed by atoms with Crippen molar-refractivity contribution in [1.82, 2.24) is 4.90 Å². The van der Waals surface area contributed by atoms with Crippen LogP contribution in [0.1, 0.15) is 6.42 Å². The van der Waals surface area contributed by atoms with Crippen molar-refractivity contribution < 1.29 is 9.47 Å². The van der Waals surface area contributed by atoms with Gasteiger partial charge >= 0.3 is 0 Å². The van der Waals surface area contributed by atoms with Crippen LogP contribution in [0.3, 0.4) is 0 Å². The second kappa shape index (κ2) is 7.10. The summed E-state index contributed by atoms with van der Waals surface area (Å²) in [4.78, 5) is 2.34. The van der Waals surface area contributed by atoms with E-state index in [9.17, 15) is 0 Å². The molecule has 2 rings (SSSR count). The molecule has 4 nitrogen and oxygen atoms in total. The van der Waals surface area contributed by atoms with Gasteiger partial charge in [-0.25, -0.2) is 0 Å². The van der Waals surface area contributed by atoms with E-state index < -0.39 is 0 Å². The number of nitrogens with zero attached hydrogens (tertiary/aromatic N) is 1. The highest BCUT2D eigenvalue weighted by molar-refractivity contribution is 6.30. The smallest absolute Gasteiger partial charge is 0.124 e. The molecule has 0 aliphatic carbocycles. The minimum absolute atomic E-state index is 0.126. The molecule has 0 radical (unpaired) electrons. The Balaban J connectivity index is 1.62. The number of hydrogen-bond donors (Lipinski definition) is 1. The van der Waals surface area contributed by atoms with Crippen LogP contribution in [-0.4, -0.2) is 50.4 Å². The van der Waals surface area contributed by atoms with Crippen LogP contribution < -0.4 is 10.5 Å². The lowest BCUT2D eigenvalue weighted by Crippen LogP contribution is -2.54. The normalized spacial score (nSPS) is 18.1. The van der Waals surface area contributed by atoms with Crippen molar-refractivity contribution in [1.29, 1.82) is 0 Å². The monoisotopic (exact) mass is 284 g/mol. The maximum absolute atomic E-state index is 5.89. The molecule has 1 atom stereocenters. The zero-order chi connectivity index (χ0) is 13.7. The summed E-state index contributed by atoms with van der Waals surface area (Å²) >= 11 is 5.83. The van der Waals surface area contributed by atoms with Gasteiger partial charge in [0.2, 0.25) is 0 Å². The van der Waals surface area contributed by atoms with Crippen molar-refractivity contribution in [3.8, 4) is 5.75 Å². The second-order valence-electron chi connectivity index (χ2n) is 4.96. The molecule has 1 aromatic rings. The average molecular weight is 285 g/mol. The van der Waals surface area contributed by atoms with E-state index in [1.54, 1.807) is 7.11 Å². The Morgan fingerprint density at radius 2 is 2.05 bits per heavy atom. The first kappa shape index (κ1) is 14.6. The lowest BCUT2D eigenvalue weighted by molar-refractivity contribution is 0.0169. The Morgan fingerprint density at radius 1 is 1.37 bits per heavy atom. The fraction of sp³-hybridized carbons (Fsp3) is 0.571. The molecule has 1 heterocycles. The molecule has 19 heavy (non-hydrogen) atoms. The first-order valence-corrected chi connectivity index (χ1v) is 6.94.